The summed E-state index contributed by atoms with van der Waals surface area (Å²) in [4.78, 5) is 0. The number of hydrogen-bond donors (Lipinski definition) is 1. The van der Waals surface area contributed by atoms with Crippen LogP contribution in [0.2, 0.25) is 0 Å². The first-order valence-corrected chi connectivity index (χ1v) is 6.36. The molecule has 0 amide bonds. The second-order valence-corrected chi connectivity index (χ2v) is 4.70. The predicted octanol–water partition coefficient (Wildman–Crippen LogP) is 3.74. The van der Waals surface area contributed by atoms with E-state index in [9.17, 15) is 0 Å². The molecule has 1 saturated carbocycles. The van der Waals surface area contributed by atoms with Gasteiger partial charge in [-0.15, -0.1) is 0 Å². The molecule has 86 valence electrons. The highest BCUT2D eigenvalue weighted by molar-refractivity contribution is 5.49. The van der Waals surface area contributed by atoms with Crippen LogP contribution < -0.4 is 5.73 Å². The second kappa shape index (κ2) is 5.86. The van der Waals surface area contributed by atoms with Crippen LogP contribution in [0, 0.1) is 5.92 Å². The Balaban J connectivity index is 1.94. The largest absolute Gasteiger partial charge is 0.326 e. The maximum Gasteiger partial charge on any atom is 0.0178 e. The Morgan fingerprint density at radius 2 is 1.75 bits per heavy atom. The van der Waals surface area contributed by atoms with Crippen LogP contribution in [0.4, 0.5) is 0 Å². The molecule has 1 heteroatoms. The maximum atomic E-state index is 5.57. The molecule has 1 aliphatic rings. The van der Waals surface area contributed by atoms with Gasteiger partial charge in [-0.3, -0.25) is 0 Å². The van der Waals surface area contributed by atoms with E-state index in [1.807, 2.05) is 0 Å². The van der Waals surface area contributed by atoms with Crippen molar-refractivity contribution in [2.24, 2.45) is 11.7 Å². The van der Waals surface area contributed by atoms with E-state index >= 15 is 0 Å². The molecule has 0 atom stereocenters. The van der Waals surface area contributed by atoms with Gasteiger partial charge >= 0.3 is 0 Å². The van der Waals surface area contributed by atoms with E-state index < -0.39 is 0 Å². The van der Waals surface area contributed by atoms with E-state index in [-0.39, 0.29) is 0 Å². The Morgan fingerprint density at radius 1 is 1.06 bits per heavy atom. The van der Waals surface area contributed by atoms with Crippen molar-refractivity contribution in [1.29, 1.82) is 0 Å². The first-order valence-electron chi connectivity index (χ1n) is 6.36. The minimum absolute atomic E-state index is 0.632. The lowest BCUT2D eigenvalue weighted by atomic mass is 9.89. The van der Waals surface area contributed by atoms with Gasteiger partial charge in [-0.1, -0.05) is 55.7 Å². The summed E-state index contributed by atoms with van der Waals surface area (Å²) in [5.41, 5.74) is 8.07. The molecule has 0 aromatic heterocycles. The van der Waals surface area contributed by atoms with Gasteiger partial charge in [-0.05, 0) is 29.9 Å². The van der Waals surface area contributed by atoms with Crippen LogP contribution in [-0.2, 0) is 6.54 Å². The Morgan fingerprint density at radius 3 is 2.38 bits per heavy atom. The summed E-state index contributed by atoms with van der Waals surface area (Å²) in [7, 11) is 0. The number of hydrogen-bond acceptors (Lipinski definition) is 1. The molecule has 0 spiro atoms. The van der Waals surface area contributed by atoms with Gasteiger partial charge in [0, 0.05) is 6.54 Å². The van der Waals surface area contributed by atoms with Crippen molar-refractivity contribution in [3.8, 4) is 0 Å². The summed E-state index contributed by atoms with van der Waals surface area (Å²) in [6.45, 7) is 0.632. The van der Waals surface area contributed by atoms with Crippen LogP contribution in [-0.4, -0.2) is 0 Å². The molecule has 0 aliphatic heterocycles. The number of rotatable bonds is 3. The van der Waals surface area contributed by atoms with Crippen molar-refractivity contribution in [3.05, 3.63) is 41.5 Å². The maximum absolute atomic E-state index is 5.57. The number of nitrogens with two attached hydrogens (primary N) is 1. The Kier molecular flexibility index (Phi) is 4.17. The molecule has 1 aromatic carbocycles. The van der Waals surface area contributed by atoms with Gasteiger partial charge in [-0.2, -0.15) is 0 Å². The third-order valence-electron chi connectivity index (χ3n) is 3.43. The lowest BCUT2D eigenvalue weighted by Crippen LogP contribution is -2.02. The Labute approximate surface area is 98.4 Å². The highest BCUT2D eigenvalue weighted by Crippen LogP contribution is 2.25. The summed E-state index contributed by atoms with van der Waals surface area (Å²) >= 11 is 0. The second-order valence-electron chi connectivity index (χ2n) is 4.70. The lowest BCUT2D eigenvalue weighted by molar-refractivity contribution is 0.420. The molecule has 0 radical (unpaired) electrons. The highest BCUT2D eigenvalue weighted by atomic mass is 14.5. The fraction of sp³-hybridized carbons (Fsp3) is 0.467. The topological polar surface area (TPSA) is 26.0 Å². The van der Waals surface area contributed by atoms with Crippen LogP contribution in [0.15, 0.2) is 30.3 Å². The fourth-order valence-electron chi connectivity index (χ4n) is 2.34. The van der Waals surface area contributed by atoms with Gasteiger partial charge in [0.25, 0.3) is 0 Å². The smallest absolute Gasteiger partial charge is 0.0178 e. The molecule has 1 nitrogen and oxygen atoms in total. The summed E-state index contributed by atoms with van der Waals surface area (Å²) in [6.07, 6.45) is 11.6. The molecular formula is C15H21N. The average Bonchev–Trinajstić information content (AvgIpc) is 2.38. The molecule has 16 heavy (non-hydrogen) atoms. The molecule has 2 rings (SSSR count). The molecule has 0 bridgehead atoms. The Bertz CT molecular complexity index is 331. The molecule has 0 unspecified atom stereocenters. The first kappa shape index (κ1) is 11.4. The highest BCUT2D eigenvalue weighted by Gasteiger charge is 2.09. The molecule has 2 N–H and O–H groups in total. The molecule has 1 fully saturated rings. The third-order valence-corrected chi connectivity index (χ3v) is 3.43. The zero-order chi connectivity index (χ0) is 11.2. The van der Waals surface area contributed by atoms with Crippen LogP contribution in [0.25, 0.3) is 6.08 Å². The van der Waals surface area contributed by atoms with Gasteiger partial charge in [0.15, 0.2) is 0 Å². The van der Waals surface area contributed by atoms with Crippen LogP contribution >= 0.6 is 0 Å². The molecule has 1 aliphatic carbocycles. The number of allylic oxidation sites excluding steroid dienone is 1. The number of benzene rings is 1. The standard InChI is InChI=1S/C15H21N/c16-12-15-10-8-14(9-11-15)7-6-13-4-2-1-3-5-13/h6-11,13H,1-5,12,16H2. The molecule has 0 saturated heterocycles. The van der Waals surface area contributed by atoms with E-state index in [0.717, 1.165) is 5.92 Å². The normalized spacial score (nSPS) is 18.1. The van der Waals surface area contributed by atoms with E-state index in [2.05, 4.69) is 36.4 Å². The molecular weight excluding hydrogens is 194 g/mol. The summed E-state index contributed by atoms with van der Waals surface area (Å²) in [6, 6.07) is 8.53. The lowest BCUT2D eigenvalue weighted by Gasteiger charge is -2.17. The predicted molar refractivity (Wildman–Crippen MR) is 69.9 cm³/mol. The summed E-state index contributed by atoms with van der Waals surface area (Å²) in [5.74, 6) is 0.808. The van der Waals surface area contributed by atoms with Crippen LogP contribution in [0.1, 0.15) is 43.2 Å². The van der Waals surface area contributed by atoms with E-state index in [4.69, 9.17) is 5.73 Å². The van der Waals surface area contributed by atoms with Gasteiger partial charge < -0.3 is 5.73 Å². The van der Waals surface area contributed by atoms with Crippen molar-refractivity contribution in [2.75, 3.05) is 0 Å². The SMILES string of the molecule is NCc1ccc(C=CC2CCCCC2)cc1. The van der Waals surface area contributed by atoms with Crippen molar-refractivity contribution < 1.29 is 0 Å². The van der Waals surface area contributed by atoms with Crippen LogP contribution in [0.5, 0.6) is 0 Å². The van der Waals surface area contributed by atoms with Gasteiger partial charge in [0.2, 0.25) is 0 Å². The quantitative estimate of drug-likeness (QED) is 0.816. The third kappa shape index (κ3) is 3.21. The van der Waals surface area contributed by atoms with Crippen molar-refractivity contribution >= 4 is 6.08 Å². The zero-order valence-electron chi connectivity index (χ0n) is 9.86. The van der Waals surface area contributed by atoms with E-state index in [0.29, 0.717) is 6.54 Å². The fourth-order valence-corrected chi connectivity index (χ4v) is 2.34. The van der Waals surface area contributed by atoms with Crippen molar-refractivity contribution in [3.63, 3.8) is 0 Å². The molecule has 0 heterocycles. The summed E-state index contributed by atoms with van der Waals surface area (Å²) in [5, 5.41) is 0. The van der Waals surface area contributed by atoms with E-state index in [1.54, 1.807) is 0 Å². The monoisotopic (exact) mass is 215 g/mol. The average molecular weight is 215 g/mol. The molecule has 1 aromatic rings. The summed E-state index contributed by atoms with van der Waals surface area (Å²) < 4.78 is 0. The van der Waals surface area contributed by atoms with Crippen LogP contribution in [0.3, 0.4) is 0 Å². The van der Waals surface area contributed by atoms with Crippen molar-refractivity contribution in [1.82, 2.24) is 0 Å². The Hall–Kier alpha value is -1.08. The minimum atomic E-state index is 0.632. The van der Waals surface area contributed by atoms with Gasteiger partial charge in [0.1, 0.15) is 0 Å². The minimum Gasteiger partial charge on any atom is -0.326 e. The first-order chi connectivity index (χ1) is 7.88. The van der Waals surface area contributed by atoms with Gasteiger partial charge in [-0.25, -0.2) is 0 Å². The van der Waals surface area contributed by atoms with Crippen molar-refractivity contribution in [2.45, 2.75) is 38.6 Å². The zero-order valence-corrected chi connectivity index (χ0v) is 9.86. The van der Waals surface area contributed by atoms with Gasteiger partial charge in [0.05, 0.1) is 0 Å². The van der Waals surface area contributed by atoms with E-state index in [1.165, 1.54) is 43.2 Å².